The maximum absolute atomic E-state index is 14.3. The molecule has 0 aromatic heterocycles. The Hall–Kier alpha value is -2.87. The summed E-state index contributed by atoms with van der Waals surface area (Å²) in [6, 6.07) is 11.3. The van der Waals surface area contributed by atoms with E-state index in [4.69, 9.17) is 0 Å². The van der Waals surface area contributed by atoms with Gasteiger partial charge in [0.25, 0.3) is 0 Å². The highest BCUT2D eigenvalue weighted by atomic mass is 19.1. The molecule has 0 spiro atoms. The molecule has 2 aromatic carbocycles. The summed E-state index contributed by atoms with van der Waals surface area (Å²) in [4.78, 5) is 17.0. The number of nitrogens with zero attached hydrogens (tertiary/aromatic N) is 3. The van der Waals surface area contributed by atoms with E-state index in [1.807, 2.05) is 41.0 Å². The minimum Gasteiger partial charge on any atom is -0.312 e. The van der Waals surface area contributed by atoms with Crippen LogP contribution in [-0.2, 0) is 11.2 Å². The van der Waals surface area contributed by atoms with Crippen molar-refractivity contribution in [3.63, 3.8) is 0 Å². The summed E-state index contributed by atoms with van der Waals surface area (Å²) in [5, 5.41) is 9.37. The van der Waals surface area contributed by atoms with Crippen LogP contribution in [0, 0.1) is 30.1 Å². The summed E-state index contributed by atoms with van der Waals surface area (Å²) in [6.45, 7) is 2.62. The molecule has 4 nitrogen and oxygen atoms in total. The molecule has 3 aliphatic rings. The van der Waals surface area contributed by atoms with Gasteiger partial charge in [0.2, 0.25) is 5.91 Å². The number of aryl methyl sites for hydroxylation is 1. The fourth-order valence-electron chi connectivity index (χ4n) is 5.27. The van der Waals surface area contributed by atoms with Crippen LogP contribution in [-0.4, -0.2) is 29.4 Å². The second kappa shape index (κ2) is 6.34. The van der Waals surface area contributed by atoms with Gasteiger partial charge in [-0.15, -0.1) is 0 Å². The second-order valence-corrected chi connectivity index (χ2v) is 8.21. The predicted molar refractivity (Wildman–Crippen MR) is 105 cm³/mol. The van der Waals surface area contributed by atoms with Crippen molar-refractivity contribution in [1.29, 1.82) is 5.26 Å². The summed E-state index contributed by atoms with van der Waals surface area (Å²) in [7, 11) is 0. The first-order chi connectivity index (χ1) is 13.6. The molecule has 3 heterocycles. The van der Waals surface area contributed by atoms with Gasteiger partial charge in [-0.1, -0.05) is 17.7 Å². The molecule has 0 N–H and O–H groups in total. The molecule has 2 aromatic rings. The van der Waals surface area contributed by atoms with E-state index in [0.717, 1.165) is 48.1 Å². The van der Waals surface area contributed by atoms with Gasteiger partial charge >= 0.3 is 0 Å². The Morgan fingerprint density at radius 2 is 2.07 bits per heavy atom. The average Bonchev–Trinajstić information content (AvgIpc) is 3.40. The number of carbonyl (C=O) groups is 1. The molecule has 0 radical (unpaired) electrons. The lowest BCUT2D eigenvalue weighted by Crippen LogP contribution is -2.40. The first kappa shape index (κ1) is 17.2. The number of benzene rings is 2. The van der Waals surface area contributed by atoms with E-state index in [9.17, 15) is 14.4 Å². The highest BCUT2D eigenvalue weighted by molar-refractivity contribution is 5.98. The number of rotatable bonds is 2. The van der Waals surface area contributed by atoms with Gasteiger partial charge in [0.1, 0.15) is 5.82 Å². The SMILES string of the molecule is Cc1ccc(F)c(-c2ccc3c(c2)CCN3C(=O)C2CC3CCC2N3C#N)c1. The molecule has 28 heavy (non-hydrogen) atoms. The van der Waals surface area contributed by atoms with Crippen LogP contribution in [0.4, 0.5) is 10.1 Å². The second-order valence-electron chi connectivity index (χ2n) is 8.21. The summed E-state index contributed by atoms with van der Waals surface area (Å²) in [6.07, 6.45) is 5.80. The zero-order valence-electron chi connectivity index (χ0n) is 15.9. The summed E-state index contributed by atoms with van der Waals surface area (Å²) >= 11 is 0. The summed E-state index contributed by atoms with van der Waals surface area (Å²) in [5.74, 6) is -0.172. The molecule has 0 aliphatic carbocycles. The third-order valence-corrected chi connectivity index (χ3v) is 6.64. The van der Waals surface area contributed by atoms with Gasteiger partial charge in [0.15, 0.2) is 6.19 Å². The molecule has 142 valence electrons. The molecule has 5 heteroatoms. The molecule has 2 fully saturated rings. The number of amides is 1. The van der Waals surface area contributed by atoms with E-state index in [0.29, 0.717) is 12.1 Å². The Labute approximate surface area is 164 Å². The smallest absolute Gasteiger partial charge is 0.232 e. The zero-order valence-corrected chi connectivity index (χ0v) is 15.9. The topological polar surface area (TPSA) is 47.3 Å². The Kier molecular flexibility index (Phi) is 3.90. The van der Waals surface area contributed by atoms with Gasteiger partial charge in [-0.25, -0.2) is 4.39 Å². The van der Waals surface area contributed by atoms with Crippen molar-refractivity contribution in [2.45, 2.75) is 44.7 Å². The van der Waals surface area contributed by atoms with Gasteiger partial charge in [0, 0.05) is 23.8 Å². The van der Waals surface area contributed by atoms with Gasteiger partial charge < -0.3 is 9.80 Å². The molecule has 2 bridgehead atoms. The molecule has 3 aliphatic heterocycles. The van der Waals surface area contributed by atoms with Gasteiger partial charge in [0.05, 0.1) is 12.0 Å². The van der Waals surface area contributed by atoms with Crippen molar-refractivity contribution in [3.05, 3.63) is 53.3 Å². The lowest BCUT2D eigenvalue weighted by atomic mass is 9.88. The van der Waals surface area contributed by atoms with E-state index in [2.05, 4.69) is 6.19 Å². The minimum absolute atomic E-state index is 0.0622. The van der Waals surface area contributed by atoms with Crippen molar-refractivity contribution in [2.24, 2.45) is 5.92 Å². The number of anilines is 1. The predicted octanol–water partition coefficient (Wildman–Crippen LogP) is 4.02. The molecule has 0 saturated carbocycles. The van der Waals surface area contributed by atoms with Crippen LogP contribution in [0.1, 0.15) is 30.4 Å². The molecule has 1 amide bonds. The Balaban J connectivity index is 1.42. The average molecular weight is 375 g/mol. The van der Waals surface area contributed by atoms with Gasteiger partial charge in [-0.05, 0) is 68.0 Å². The lowest BCUT2D eigenvalue weighted by molar-refractivity contribution is -0.123. The van der Waals surface area contributed by atoms with Crippen molar-refractivity contribution >= 4 is 11.6 Å². The van der Waals surface area contributed by atoms with Crippen LogP contribution in [0.2, 0.25) is 0 Å². The minimum atomic E-state index is -0.227. The van der Waals surface area contributed by atoms with Crippen molar-refractivity contribution in [1.82, 2.24) is 4.90 Å². The first-order valence-electron chi connectivity index (χ1n) is 9.95. The third-order valence-electron chi connectivity index (χ3n) is 6.64. The van der Waals surface area contributed by atoms with Crippen molar-refractivity contribution < 1.29 is 9.18 Å². The largest absolute Gasteiger partial charge is 0.312 e. The third kappa shape index (κ3) is 2.51. The highest BCUT2D eigenvalue weighted by Crippen LogP contribution is 2.43. The number of halogens is 1. The lowest BCUT2D eigenvalue weighted by Gasteiger charge is -2.26. The summed E-state index contributed by atoms with van der Waals surface area (Å²) in [5.41, 5.74) is 4.50. The maximum Gasteiger partial charge on any atom is 0.232 e. The normalized spacial score (nSPS) is 25.1. The van der Waals surface area contributed by atoms with E-state index in [-0.39, 0.29) is 29.7 Å². The highest BCUT2D eigenvalue weighted by Gasteiger charge is 2.50. The van der Waals surface area contributed by atoms with Crippen LogP contribution >= 0.6 is 0 Å². The molecule has 3 atom stereocenters. The van der Waals surface area contributed by atoms with E-state index in [1.54, 1.807) is 6.07 Å². The fourth-order valence-corrected chi connectivity index (χ4v) is 5.27. The van der Waals surface area contributed by atoms with Gasteiger partial charge in [-0.2, -0.15) is 5.26 Å². The molecule has 2 saturated heterocycles. The number of hydrogen-bond donors (Lipinski definition) is 0. The van der Waals surface area contributed by atoms with Crippen molar-refractivity contribution in [3.8, 4) is 17.3 Å². The van der Waals surface area contributed by atoms with Crippen molar-refractivity contribution in [2.75, 3.05) is 11.4 Å². The van der Waals surface area contributed by atoms with Crippen LogP contribution in [0.25, 0.3) is 11.1 Å². The number of nitriles is 1. The van der Waals surface area contributed by atoms with Crippen LogP contribution < -0.4 is 4.90 Å². The Morgan fingerprint density at radius 3 is 2.86 bits per heavy atom. The number of fused-ring (bicyclic) bond motifs is 3. The molecular weight excluding hydrogens is 353 g/mol. The Morgan fingerprint density at radius 1 is 1.21 bits per heavy atom. The molecule has 3 unspecified atom stereocenters. The van der Waals surface area contributed by atoms with E-state index < -0.39 is 0 Å². The monoisotopic (exact) mass is 375 g/mol. The molecular formula is C23H22FN3O. The molecule has 5 rings (SSSR count). The number of hydrogen-bond acceptors (Lipinski definition) is 3. The first-order valence-corrected chi connectivity index (χ1v) is 9.95. The van der Waals surface area contributed by atoms with Crippen LogP contribution in [0.15, 0.2) is 36.4 Å². The van der Waals surface area contributed by atoms with Gasteiger partial charge in [-0.3, -0.25) is 4.79 Å². The summed E-state index contributed by atoms with van der Waals surface area (Å²) < 4.78 is 14.3. The van der Waals surface area contributed by atoms with Crippen LogP contribution in [0.5, 0.6) is 0 Å². The van der Waals surface area contributed by atoms with E-state index in [1.165, 1.54) is 6.07 Å². The quantitative estimate of drug-likeness (QED) is 0.745. The standard InChI is InChI=1S/C23H22FN3O/c1-14-2-5-20(24)18(10-14)15-3-6-21-16(11-15)8-9-26(21)23(28)19-12-17-4-7-22(19)27(17)13-25/h2-3,5-6,10-11,17,19,22H,4,7-9,12H2,1H3. The van der Waals surface area contributed by atoms with E-state index >= 15 is 0 Å². The van der Waals surface area contributed by atoms with Crippen LogP contribution in [0.3, 0.4) is 0 Å². The Bertz CT molecular complexity index is 1010. The zero-order chi connectivity index (χ0) is 19.4. The number of carbonyl (C=O) groups excluding carboxylic acids is 1. The fraction of sp³-hybridized carbons (Fsp3) is 0.391. The maximum atomic E-state index is 14.3.